The van der Waals surface area contributed by atoms with Gasteiger partial charge in [0.1, 0.15) is 0 Å². The molecule has 0 saturated carbocycles. The second-order valence-corrected chi connectivity index (χ2v) is 12.0. The minimum atomic E-state index is 0.500. The number of pyridine rings is 5. The van der Waals surface area contributed by atoms with Crippen LogP contribution in [-0.2, 0) is 52.4 Å². The van der Waals surface area contributed by atoms with Gasteiger partial charge in [0, 0.05) is 64.1 Å². The minimum absolute atomic E-state index is 0.500. The van der Waals surface area contributed by atoms with Crippen LogP contribution in [0.3, 0.4) is 0 Å². The standard InChI is InChI=1S/C37H37N13/c1-5-16-38-30(10-1)20-47(21-31-11-2-6-17-39-31)24-36-28-49(45-43-36)26-34-14-9-15-35(42-34)27-50-29-37(44-46-50)25-48(22-32-12-3-7-18-40-32)23-33-13-4-8-19-41-33/h1-19,28-29H,20-27H2. The van der Waals surface area contributed by atoms with Crippen molar-refractivity contribution in [2.75, 3.05) is 0 Å². The Morgan fingerprint density at radius 3 is 1.06 bits per heavy atom. The van der Waals surface area contributed by atoms with Crippen molar-refractivity contribution >= 4 is 0 Å². The molecular formula is C37H37N13. The molecule has 7 rings (SSSR count). The molecule has 0 aromatic carbocycles. The molecule has 0 saturated heterocycles. The topological polar surface area (TPSA) is 132 Å². The lowest BCUT2D eigenvalue weighted by molar-refractivity contribution is 0.238. The first-order chi connectivity index (χ1) is 24.7. The maximum atomic E-state index is 4.90. The van der Waals surface area contributed by atoms with Crippen molar-refractivity contribution in [1.29, 1.82) is 0 Å². The molecular weight excluding hydrogens is 626 g/mol. The van der Waals surface area contributed by atoms with Crippen LogP contribution in [0.5, 0.6) is 0 Å². The molecule has 250 valence electrons. The Morgan fingerprint density at radius 2 is 0.720 bits per heavy atom. The van der Waals surface area contributed by atoms with Gasteiger partial charge in [-0.05, 0) is 60.7 Å². The fourth-order valence-corrected chi connectivity index (χ4v) is 5.69. The molecule has 0 amide bonds. The minimum Gasteiger partial charge on any atom is -0.286 e. The van der Waals surface area contributed by atoms with E-state index in [0.717, 1.165) is 45.6 Å². The van der Waals surface area contributed by atoms with Crippen LogP contribution in [0.4, 0.5) is 0 Å². The predicted molar refractivity (Wildman–Crippen MR) is 185 cm³/mol. The highest BCUT2D eigenvalue weighted by atomic mass is 15.4. The second-order valence-electron chi connectivity index (χ2n) is 12.0. The van der Waals surface area contributed by atoms with Crippen LogP contribution in [0.1, 0.15) is 45.6 Å². The summed E-state index contributed by atoms with van der Waals surface area (Å²) in [5.74, 6) is 0. The van der Waals surface area contributed by atoms with Crippen LogP contribution in [0.2, 0.25) is 0 Å². The van der Waals surface area contributed by atoms with Gasteiger partial charge in [-0.2, -0.15) is 0 Å². The first-order valence-corrected chi connectivity index (χ1v) is 16.5. The molecule has 0 aliphatic rings. The van der Waals surface area contributed by atoms with Crippen molar-refractivity contribution in [2.45, 2.75) is 52.4 Å². The van der Waals surface area contributed by atoms with Crippen molar-refractivity contribution in [3.05, 3.63) is 174 Å². The summed E-state index contributed by atoms with van der Waals surface area (Å²) in [6.45, 7) is 4.90. The van der Waals surface area contributed by atoms with Crippen molar-refractivity contribution in [3.8, 4) is 0 Å². The third-order valence-corrected chi connectivity index (χ3v) is 7.90. The first-order valence-electron chi connectivity index (χ1n) is 16.5. The Kier molecular flexibility index (Phi) is 10.6. The van der Waals surface area contributed by atoms with E-state index in [1.54, 1.807) is 0 Å². The molecule has 0 atom stereocenters. The van der Waals surface area contributed by atoms with Crippen LogP contribution in [0.15, 0.2) is 128 Å². The maximum absolute atomic E-state index is 4.90. The van der Waals surface area contributed by atoms with Gasteiger partial charge < -0.3 is 0 Å². The molecule has 0 unspecified atom stereocenters. The molecule has 0 bridgehead atoms. The number of aromatic nitrogens is 11. The van der Waals surface area contributed by atoms with E-state index in [-0.39, 0.29) is 0 Å². The fourth-order valence-electron chi connectivity index (χ4n) is 5.69. The van der Waals surface area contributed by atoms with Gasteiger partial charge in [-0.3, -0.25) is 34.7 Å². The predicted octanol–water partition coefficient (Wildman–Crippen LogP) is 4.35. The summed E-state index contributed by atoms with van der Waals surface area (Å²) in [5.41, 5.74) is 7.45. The highest BCUT2D eigenvalue weighted by molar-refractivity contribution is 5.13. The summed E-state index contributed by atoms with van der Waals surface area (Å²) in [4.78, 5) is 27.5. The molecule has 0 N–H and O–H groups in total. The zero-order valence-electron chi connectivity index (χ0n) is 27.6. The smallest absolute Gasteiger partial charge is 0.0967 e. The van der Waals surface area contributed by atoms with E-state index in [4.69, 9.17) is 4.98 Å². The molecule has 0 fully saturated rings. The van der Waals surface area contributed by atoms with Crippen molar-refractivity contribution in [1.82, 2.24) is 64.7 Å². The van der Waals surface area contributed by atoms with Gasteiger partial charge in [-0.25, -0.2) is 9.36 Å². The summed E-state index contributed by atoms with van der Waals surface area (Å²) in [6.07, 6.45) is 11.2. The molecule has 0 spiro atoms. The average molecular weight is 664 g/mol. The van der Waals surface area contributed by atoms with Gasteiger partial charge in [-0.1, -0.05) is 40.8 Å². The Labute approximate surface area is 290 Å². The Morgan fingerprint density at radius 1 is 0.380 bits per heavy atom. The third kappa shape index (κ3) is 9.52. The van der Waals surface area contributed by atoms with Crippen LogP contribution in [0.25, 0.3) is 0 Å². The molecule has 13 heteroatoms. The molecule has 0 aliphatic heterocycles. The lowest BCUT2D eigenvalue weighted by Gasteiger charge is -2.20. The van der Waals surface area contributed by atoms with Crippen LogP contribution in [0, 0.1) is 0 Å². The van der Waals surface area contributed by atoms with E-state index in [1.165, 1.54) is 0 Å². The van der Waals surface area contributed by atoms with E-state index in [2.05, 4.69) is 50.4 Å². The van der Waals surface area contributed by atoms with Gasteiger partial charge in [-0.15, -0.1) is 10.2 Å². The molecule has 7 aromatic heterocycles. The summed E-state index contributed by atoms with van der Waals surface area (Å²) < 4.78 is 3.65. The normalized spacial score (nSPS) is 11.4. The zero-order chi connectivity index (χ0) is 33.8. The summed E-state index contributed by atoms with van der Waals surface area (Å²) >= 11 is 0. The van der Waals surface area contributed by atoms with E-state index in [0.29, 0.717) is 52.4 Å². The Hall–Kier alpha value is -6.05. The summed E-state index contributed by atoms with van der Waals surface area (Å²) in [7, 11) is 0. The molecule has 7 aromatic rings. The summed E-state index contributed by atoms with van der Waals surface area (Å²) in [6, 6.07) is 29.9. The molecule has 13 nitrogen and oxygen atoms in total. The number of rotatable bonds is 16. The van der Waals surface area contributed by atoms with Gasteiger partial charge in [0.05, 0.1) is 71.0 Å². The van der Waals surface area contributed by atoms with E-state index < -0.39 is 0 Å². The second kappa shape index (κ2) is 16.4. The SMILES string of the molecule is c1ccc(CN(Cc2ccccn2)Cc2cn(Cc3cccc(Cn4cc(CN(Cc5ccccn5)Cc5ccccn5)nn4)n3)nn2)nc1. The summed E-state index contributed by atoms with van der Waals surface area (Å²) in [5, 5.41) is 17.8. The zero-order valence-corrected chi connectivity index (χ0v) is 27.6. The van der Waals surface area contributed by atoms with E-state index >= 15 is 0 Å². The Bertz CT molecular complexity index is 1810. The van der Waals surface area contributed by atoms with E-state index in [9.17, 15) is 0 Å². The van der Waals surface area contributed by atoms with Crippen molar-refractivity contribution in [2.24, 2.45) is 0 Å². The highest BCUT2D eigenvalue weighted by Crippen LogP contribution is 2.13. The number of nitrogens with zero attached hydrogens (tertiary/aromatic N) is 13. The molecule has 50 heavy (non-hydrogen) atoms. The number of hydrogen-bond donors (Lipinski definition) is 0. The van der Waals surface area contributed by atoms with Crippen LogP contribution >= 0.6 is 0 Å². The van der Waals surface area contributed by atoms with Gasteiger partial charge in [0.25, 0.3) is 0 Å². The average Bonchev–Trinajstić information content (AvgIpc) is 3.78. The van der Waals surface area contributed by atoms with E-state index in [1.807, 2.05) is 138 Å². The van der Waals surface area contributed by atoms with Crippen molar-refractivity contribution < 1.29 is 0 Å². The first kappa shape index (κ1) is 32.5. The van der Waals surface area contributed by atoms with Gasteiger partial charge in [0.15, 0.2) is 0 Å². The van der Waals surface area contributed by atoms with Crippen LogP contribution in [-0.4, -0.2) is 64.7 Å². The van der Waals surface area contributed by atoms with Crippen molar-refractivity contribution in [3.63, 3.8) is 0 Å². The van der Waals surface area contributed by atoms with Gasteiger partial charge >= 0.3 is 0 Å². The third-order valence-electron chi connectivity index (χ3n) is 7.90. The monoisotopic (exact) mass is 663 g/mol. The molecule has 7 heterocycles. The lowest BCUT2D eigenvalue weighted by Crippen LogP contribution is -2.23. The van der Waals surface area contributed by atoms with Gasteiger partial charge in [0.2, 0.25) is 0 Å². The molecule has 0 aliphatic carbocycles. The Balaban J connectivity index is 0.977. The van der Waals surface area contributed by atoms with Crippen LogP contribution < -0.4 is 0 Å². The quantitative estimate of drug-likeness (QED) is 0.146. The fraction of sp³-hybridized carbons (Fsp3) is 0.216. The lowest BCUT2D eigenvalue weighted by atomic mass is 10.2. The largest absolute Gasteiger partial charge is 0.286 e. The maximum Gasteiger partial charge on any atom is 0.0967 e. The number of hydrogen-bond acceptors (Lipinski definition) is 11. The highest BCUT2D eigenvalue weighted by Gasteiger charge is 2.15. The molecule has 0 radical (unpaired) electrons.